The van der Waals surface area contributed by atoms with Crippen LogP contribution in [0.25, 0.3) is 0 Å². The molecule has 3 heteroatoms. The third-order valence-electron chi connectivity index (χ3n) is 3.00. The molecule has 1 rings (SSSR count). The van der Waals surface area contributed by atoms with Gasteiger partial charge in [-0.3, -0.25) is 4.99 Å². The van der Waals surface area contributed by atoms with Crippen LogP contribution in [0.4, 0.5) is 0 Å². The standard InChI is InChI=1S/C13H22N2S/c1-10(12(2,3)16)7-11-8-13(4,14)5-6-15-9-11/h5-6,8-10,16H,7,14H2,1-4H3. The van der Waals surface area contributed by atoms with Crippen molar-refractivity contribution in [1.82, 2.24) is 0 Å². The number of nitrogens with zero attached hydrogens (tertiary/aromatic N) is 1. The second-order valence-corrected chi connectivity index (χ2v) is 6.59. The van der Waals surface area contributed by atoms with Crippen molar-refractivity contribution in [3.05, 3.63) is 23.9 Å². The van der Waals surface area contributed by atoms with Crippen molar-refractivity contribution in [3.8, 4) is 0 Å². The van der Waals surface area contributed by atoms with E-state index in [-0.39, 0.29) is 4.75 Å². The van der Waals surface area contributed by atoms with Gasteiger partial charge < -0.3 is 5.73 Å². The van der Waals surface area contributed by atoms with Crippen LogP contribution in [-0.4, -0.2) is 16.5 Å². The Labute approximate surface area is 104 Å². The SMILES string of the molecule is CC(CC1=CC(C)(N)C=CN=C1)C(C)(C)S. The van der Waals surface area contributed by atoms with Crippen molar-refractivity contribution in [1.29, 1.82) is 0 Å². The molecule has 1 aliphatic heterocycles. The minimum Gasteiger partial charge on any atom is -0.319 e. The molecule has 0 bridgehead atoms. The number of allylic oxidation sites excluding steroid dienone is 1. The van der Waals surface area contributed by atoms with Gasteiger partial charge in [0.1, 0.15) is 0 Å². The molecule has 0 aromatic rings. The molecule has 2 nitrogen and oxygen atoms in total. The Hall–Kier alpha value is -0.540. The summed E-state index contributed by atoms with van der Waals surface area (Å²) in [6, 6.07) is 0. The second-order valence-electron chi connectivity index (χ2n) is 5.44. The topological polar surface area (TPSA) is 38.4 Å². The van der Waals surface area contributed by atoms with Crippen LogP contribution in [-0.2, 0) is 0 Å². The lowest BCUT2D eigenvalue weighted by Gasteiger charge is -2.27. The number of hydrogen-bond donors (Lipinski definition) is 2. The van der Waals surface area contributed by atoms with Crippen LogP contribution in [0.3, 0.4) is 0 Å². The molecule has 0 amide bonds. The van der Waals surface area contributed by atoms with Crippen LogP contribution in [0.15, 0.2) is 28.9 Å². The summed E-state index contributed by atoms with van der Waals surface area (Å²) in [5.41, 5.74) is 6.88. The van der Waals surface area contributed by atoms with Gasteiger partial charge in [0.2, 0.25) is 0 Å². The van der Waals surface area contributed by atoms with Gasteiger partial charge in [0.25, 0.3) is 0 Å². The average Bonchev–Trinajstić information content (AvgIpc) is 2.24. The van der Waals surface area contributed by atoms with Gasteiger partial charge in [-0.1, -0.05) is 26.8 Å². The van der Waals surface area contributed by atoms with Crippen LogP contribution < -0.4 is 5.73 Å². The fourth-order valence-electron chi connectivity index (χ4n) is 1.54. The maximum absolute atomic E-state index is 6.09. The number of rotatable bonds is 3. The molecule has 0 aromatic carbocycles. The number of thiol groups is 1. The maximum Gasteiger partial charge on any atom is 0.0520 e. The smallest absolute Gasteiger partial charge is 0.0520 e. The molecule has 0 radical (unpaired) electrons. The molecular formula is C13H22N2S. The molecule has 2 N–H and O–H groups in total. The molecule has 2 atom stereocenters. The molecule has 0 aromatic heterocycles. The zero-order valence-electron chi connectivity index (χ0n) is 10.6. The van der Waals surface area contributed by atoms with Gasteiger partial charge in [0.05, 0.1) is 5.54 Å². The highest BCUT2D eigenvalue weighted by Crippen LogP contribution is 2.29. The van der Waals surface area contributed by atoms with E-state index >= 15 is 0 Å². The van der Waals surface area contributed by atoms with Gasteiger partial charge in [-0.15, -0.1) is 0 Å². The second kappa shape index (κ2) is 4.76. The van der Waals surface area contributed by atoms with Gasteiger partial charge >= 0.3 is 0 Å². The van der Waals surface area contributed by atoms with Crippen LogP contribution in [0.1, 0.15) is 34.1 Å². The minimum absolute atomic E-state index is 0.0133. The highest BCUT2D eigenvalue weighted by Gasteiger charge is 2.23. The van der Waals surface area contributed by atoms with Crippen molar-refractivity contribution in [3.63, 3.8) is 0 Å². The van der Waals surface area contributed by atoms with E-state index in [4.69, 9.17) is 5.73 Å². The minimum atomic E-state index is -0.397. The van der Waals surface area contributed by atoms with Gasteiger partial charge in [-0.05, 0) is 30.9 Å². The summed E-state index contributed by atoms with van der Waals surface area (Å²) in [5.74, 6) is 0.474. The molecule has 0 saturated carbocycles. The van der Waals surface area contributed by atoms with Gasteiger partial charge in [-0.25, -0.2) is 0 Å². The fraction of sp³-hybridized carbons (Fsp3) is 0.615. The molecule has 1 heterocycles. The van der Waals surface area contributed by atoms with E-state index in [0.29, 0.717) is 5.92 Å². The third kappa shape index (κ3) is 4.14. The van der Waals surface area contributed by atoms with Crippen molar-refractivity contribution >= 4 is 18.8 Å². The normalized spacial score (nSPS) is 27.5. The summed E-state index contributed by atoms with van der Waals surface area (Å²) in [4.78, 5) is 4.20. The van der Waals surface area contributed by atoms with E-state index in [1.54, 1.807) is 6.20 Å². The largest absolute Gasteiger partial charge is 0.319 e. The molecule has 16 heavy (non-hydrogen) atoms. The number of aliphatic imine (C=N–C) groups is 1. The Morgan fingerprint density at radius 3 is 2.75 bits per heavy atom. The first-order valence-electron chi connectivity index (χ1n) is 5.64. The molecular weight excluding hydrogens is 216 g/mol. The predicted octanol–water partition coefficient (Wildman–Crippen LogP) is 2.96. The lowest BCUT2D eigenvalue weighted by Crippen LogP contribution is -2.31. The molecule has 0 spiro atoms. The molecule has 2 unspecified atom stereocenters. The molecule has 0 fully saturated rings. The lowest BCUT2D eigenvalue weighted by molar-refractivity contribution is 0.465. The predicted molar refractivity (Wildman–Crippen MR) is 75.2 cm³/mol. The molecule has 0 aliphatic carbocycles. The average molecular weight is 238 g/mol. The molecule has 90 valence electrons. The monoisotopic (exact) mass is 238 g/mol. The van der Waals surface area contributed by atoms with Crippen LogP contribution in [0.5, 0.6) is 0 Å². The Kier molecular flexibility index (Phi) is 4.02. The van der Waals surface area contributed by atoms with E-state index in [0.717, 1.165) is 6.42 Å². The summed E-state index contributed by atoms with van der Waals surface area (Å²) in [6.07, 6.45) is 8.60. The summed E-state index contributed by atoms with van der Waals surface area (Å²) < 4.78 is 0.0133. The first kappa shape index (κ1) is 13.5. The number of nitrogens with two attached hydrogens (primary N) is 1. The lowest BCUT2D eigenvalue weighted by atomic mass is 9.88. The zero-order chi connectivity index (χ0) is 12.4. The molecule has 0 saturated heterocycles. The van der Waals surface area contributed by atoms with E-state index in [1.165, 1.54) is 5.57 Å². The Morgan fingerprint density at radius 2 is 2.19 bits per heavy atom. The zero-order valence-corrected chi connectivity index (χ0v) is 11.5. The van der Waals surface area contributed by atoms with Gasteiger partial charge in [-0.2, -0.15) is 12.6 Å². The summed E-state index contributed by atoms with van der Waals surface area (Å²) in [7, 11) is 0. The van der Waals surface area contributed by atoms with Crippen molar-refractivity contribution in [2.24, 2.45) is 16.6 Å². The molecule has 1 aliphatic rings. The van der Waals surface area contributed by atoms with Crippen LogP contribution in [0.2, 0.25) is 0 Å². The quantitative estimate of drug-likeness (QED) is 0.729. The maximum atomic E-state index is 6.09. The van der Waals surface area contributed by atoms with Crippen molar-refractivity contribution in [2.45, 2.75) is 44.4 Å². The Balaban J connectivity index is 2.79. The first-order valence-corrected chi connectivity index (χ1v) is 6.09. The van der Waals surface area contributed by atoms with Crippen molar-refractivity contribution in [2.75, 3.05) is 0 Å². The van der Waals surface area contributed by atoms with Gasteiger partial charge in [0.15, 0.2) is 0 Å². The van der Waals surface area contributed by atoms with E-state index < -0.39 is 5.54 Å². The van der Waals surface area contributed by atoms with E-state index in [9.17, 15) is 0 Å². The summed E-state index contributed by atoms with van der Waals surface area (Å²) in [6.45, 7) is 8.45. The van der Waals surface area contributed by atoms with E-state index in [2.05, 4.69) is 44.5 Å². The summed E-state index contributed by atoms with van der Waals surface area (Å²) in [5, 5.41) is 0. The number of hydrogen-bond acceptors (Lipinski definition) is 3. The fourth-order valence-corrected chi connectivity index (χ4v) is 1.63. The Bertz CT molecular complexity index is 332. The summed E-state index contributed by atoms with van der Waals surface area (Å²) >= 11 is 4.60. The van der Waals surface area contributed by atoms with Crippen molar-refractivity contribution < 1.29 is 0 Å². The van der Waals surface area contributed by atoms with Crippen LogP contribution in [0, 0.1) is 5.92 Å². The highest BCUT2D eigenvalue weighted by atomic mass is 32.1. The third-order valence-corrected chi connectivity index (χ3v) is 3.45. The Morgan fingerprint density at radius 1 is 1.56 bits per heavy atom. The highest BCUT2D eigenvalue weighted by molar-refractivity contribution is 7.81. The van der Waals surface area contributed by atoms with Gasteiger partial charge in [0, 0.05) is 17.2 Å². The first-order chi connectivity index (χ1) is 7.21. The van der Waals surface area contributed by atoms with E-state index in [1.807, 2.05) is 19.2 Å². The van der Waals surface area contributed by atoms with Crippen LogP contribution >= 0.6 is 12.6 Å².